The van der Waals surface area contributed by atoms with Gasteiger partial charge in [0, 0.05) is 25.7 Å². The largest absolute Gasteiger partial charge is 0.363 e. The Morgan fingerprint density at radius 1 is 1.24 bits per heavy atom. The van der Waals surface area contributed by atoms with Gasteiger partial charge >= 0.3 is 0 Å². The van der Waals surface area contributed by atoms with Gasteiger partial charge in [0.2, 0.25) is 0 Å². The molecule has 0 aliphatic carbocycles. The molecule has 1 aliphatic rings. The number of hydrogen-bond donors (Lipinski definition) is 2. The summed E-state index contributed by atoms with van der Waals surface area (Å²) in [6.07, 6.45) is 2.29. The lowest BCUT2D eigenvalue weighted by Crippen LogP contribution is -2.48. The predicted octanol–water partition coefficient (Wildman–Crippen LogP) is 3.78. The first-order valence-corrected chi connectivity index (χ1v) is 10.0. The van der Waals surface area contributed by atoms with Crippen LogP contribution in [-0.4, -0.2) is 31.6 Å². The maximum atomic E-state index is 4.77. The lowest BCUT2D eigenvalue weighted by molar-refractivity contribution is 0.463. The quantitative estimate of drug-likeness (QED) is 0.633. The molecule has 2 heterocycles. The first kappa shape index (κ1) is 17.8. The number of nitrogens with zero attached hydrogens (tertiary/aromatic N) is 2. The van der Waals surface area contributed by atoms with E-state index in [4.69, 9.17) is 4.99 Å². The number of piperidine rings is 1. The van der Waals surface area contributed by atoms with Crippen molar-refractivity contribution in [2.45, 2.75) is 39.3 Å². The number of thiophene rings is 1. The topological polar surface area (TPSA) is 39.7 Å². The van der Waals surface area contributed by atoms with E-state index in [1.54, 1.807) is 0 Å². The summed E-state index contributed by atoms with van der Waals surface area (Å²) in [7, 11) is 0. The number of benzene rings is 1. The second-order valence-corrected chi connectivity index (χ2v) is 7.47. The van der Waals surface area contributed by atoms with E-state index in [1.165, 1.54) is 16.1 Å². The number of rotatable bonds is 5. The zero-order valence-corrected chi connectivity index (χ0v) is 16.0. The van der Waals surface area contributed by atoms with E-state index in [2.05, 4.69) is 71.2 Å². The lowest BCUT2D eigenvalue weighted by Gasteiger charge is -2.33. The Morgan fingerprint density at radius 3 is 2.76 bits per heavy atom. The second kappa shape index (κ2) is 8.90. The molecule has 25 heavy (non-hydrogen) atoms. The summed E-state index contributed by atoms with van der Waals surface area (Å²) >= 11 is 1.83. The van der Waals surface area contributed by atoms with Crippen molar-refractivity contribution in [1.82, 2.24) is 10.6 Å². The Balaban J connectivity index is 1.54. The van der Waals surface area contributed by atoms with Gasteiger partial charge in [-0.25, -0.2) is 4.99 Å². The van der Waals surface area contributed by atoms with Crippen molar-refractivity contribution < 1.29 is 0 Å². The highest BCUT2D eigenvalue weighted by atomic mass is 32.1. The smallest absolute Gasteiger partial charge is 0.191 e. The Bertz CT molecular complexity index is 673. The second-order valence-electron chi connectivity index (χ2n) is 6.54. The highest BCUT2D eigenvalue weighted by molar-refractivity contribution is 7.14. The summed E-state index contributed by atoms with van der Waals surface area (Å²) in [5, 5.41) is 10.5. The third-order valence-corrected chi connectivity index (χ3v) is 5.43. The van der Waals surface area contributed by atoms with Crippen molar-refractivity contribution in [2.24, 2.45) is 4.99 Å². The predicted molar refractivity (Wildman–Crippen MR) is 109 cm³/mol. The number of nitrogens with one attached hydrogen (secondary N) is 2. The summed E-state index contributed by atoms with van der Waals surface area (Å²) in [6, 6.07) is 13.4. The fourth-order valence-electron chi connectivity index (χ4n) is 3.19. The fraction of sp³-hybridized carbons (Fsp3) is 0.450. The zero-order valence-electron chi connectivity index (χ0n) is 15.2. The summed E-state index contributed by atoms with van der Waals surface area (Å²) in [5.41, 5.74) is 2.54. The van der Waals surface area contributed by atoms with Gasteiger partial charge in [-0.2, -0.15) is 0 Å². The summed E-state index contributed by atoms with van der Waals surface area (Å²) in [6.45, 7) is 8.05. The Morgan fingerprint density at radius 2 is 2.08 bits per heavy atom. The van der Waals surface area contributed by atoms with Crippen LogP contribution in [0.25, 0.3) is 0 Å². The maximum Gasteiger partial charge on any atom is 0.191 e. The van der Waals surface area contributed by atoms with Crippen molar-refractivity contribution in [3.05, 3.63) is 52.9 Å². The lowest BCUT2D eigenvalue weighted by atomic mass is 10.1. The number of hydrogen-bond acceptors (Lipinski definition) is 3. The average molecular weight is 357 g/mol. The monoisotopic (exact) mass is 356 g/mol. The van der Waals surface area contributed by atoms with E-state index in [1.807, 2.05) is 11.3 Å². The Kier molecular flexibility index (Phi) is 6.34. The van der Waals surface area contributed by atoms with Gasteiger partial charge in [0.1, 0.15) is 0 Å². The minimum Gasteiger partial charge on any atom is -0.363 e. The molecule has 1 aromatic carbocycles. The van der Waals surface area contributed by atoms with E-state index in [-0.39, 0.29) is 0 Å². The van der Waals surface area contributed by atoms with Gasteiger partial charge in [0.05, 0.1) is 11.5 Å². The van der Waals surface area contributed by atoms with Crippen LogP contribution >= 0.6 is 11.3 Å². The van der Waals surface area contributed by atoms with Crippen molar-refractivity contribution >= 4 is 22.3 Å². The summed E-state index contributed by atoms with van der Waals surface area (Å²) in [5.74, 6) is 0.929. The minimum atomic E-state index is 0.492. The first-order valence-electron chi connectivity index (χ1n) is 9.13. The highest BCUT2D eigenvalue weighted by Gasteiger charge is 2.20. The summed E-state index contributed by atoms with van der Waals surface area (Å²) < 4.78 is 0. The van der Waals surface area contributed by atoms with Crippen LogP contribution in [0.4, 0.5) is 5.00 Å². The van der Waals surface area contributed by atoms with Gasteiger partial charge in [0.15, 0.2) is 5.96 Å². The number of aliphatic imine (C=N–C) groups is 1. The van der Waals surface area contributed by atoms with E-state index >= 15 is 0 Å². The number of aryl methyl sites for hydroxylation is 1. The van der Waals surface area contributed by atoms with Crippen LogP contribution in [0.15, 0.2) is 46.8 Å². The molecule has 2 aromatic rings. The molecule has 1 fully saturated rings. The van der Waals surface area contributed by atoms with Crippen molar-refractivity contribution in [2.75, 3.05) is 24.5 Å². The molecular formula is C20H28N4S. The van der Waals surface area contributed by atoms with Crippen LogP contribution in [0.1, 0.15) is 30.9 Å². The average Bonchev–Trinajstić information content (AvgIpc) is 3.15. The molecule has 0 atom stereocenters. The molecule has 0 unspecified atom stereocenters. The molecule has 3 rings (SSSR count). The van der Waals surface area contributed by atoms with Gasteiger partial charge in [0.25, 0.3) is 0 Å². The minimum absolute atomic E-state index is 0.492. The van der Waals surface area contributed by atoms with Crippen LogP contribution in [0, 0.1) is 6.92 Å². The normalized spacial score (nSPS) is 16.1. The van der Waals surface area contributed by atoms with Crippen molar-refractivity contribution in [1.29, 1.82) is 0 Å². The summed E-state index contributed by atoms with van der Waals surface area (Å²) in [4.78, 5) is 7.26. The first-order chi connectivity index (χ1) is 12.2. The van der Waals surface area contributed by atoms with Crippen LogP contribution < -0.4 is 15.5 Å². The maximum absolute atomic E-state index is 4.77. The molecule has 4 nitrogen and oxygen atoms in total. The molecule has 0 amide bonds. The fourth-order valence-corrected chi connectivity index (χ4v) is 3.97. The number of guanidine groups is 1. The Hall–Kier alpha value is -2.01. The molecule has 1 saturated heterocycles. The molecule has 5 heteroatoms. The van der Waals surface area contributed by atoms with Gasteiger partial charge in [-0.1, -0.05) is 29.8 Å². The number of anilines is 1. The van der Waals surface area contributed by atoms with Gasteiger partial charge < -0.3 is 15.5 Å². The molecular weight excluding hydrogens is 328 g/mol. The molecule has 0 spiro atoms. The van der Waals surface area contributed by atoms with E-state index in [0.29, 0.717) is 12.6 Å². The molecule has 1 aromatic heterocycles. The van der Waals surface area contributed by atoms with E-state index in [0.717, 1.165) is 38.4 Å². The molecule has 0 bridgehead atoms. The van der Waals surface area contributed by atoms with E-state index in [9.17, 15) is 0 Å². The SMILES string of the molecule is CCNC(=NCc1cccc(C)c1)NC1CCN(c2cccs2)CC1. The standard InChI is InChI=1S/C20H28N4S/c1-3-21-20(22-15-17-7-4-6-16(2)14-17)23-18-9-11-24(12-10-18)19-8-5-13-25-19/h4-8,13-14,18H,3,9-12,15H2,1-2H3,(H2,21,22,23). The highest BCUT2D eigenvalue weighted by Crippen LogP contribution is 2.24. The molecule has 0 radical (unpaired) electrons. The van der Waals surface area contributed by atoms with E-state index < -0.39 is 0 Å². The van der Waals surface area contributed by atoms with Crippen LogP contribution in [0.3, 0.4) is 0 Å². The van der Waals surface area contributed by atoms with Gasteiger partial charge in [-0.3, -0.25) is 0 Å². The Labute approximate surface area is 155 Å². The van der Waals surface area contributed by atoms with Crippen molar-refractivity contribution in [3.63, 3.8) is 0 Å². The zero-order chi connectivity index (χ0) is 17.5. The van der Waals surface area contributed by atoms with Crippen molar-refractivity contribution in [3.8, 4) is 0 Å². The van der Waals surface area contributed by atoms with Gasteiger partial charge in [-0.15, -0.1) is 11.3 Å². The molecule has 0 saturated carbocycles. The third kappa shape index (κ3) is 5.23. The third-order valence-electron chi connectivity index (χ3n) is 4.50. The van der Waals surface area contributed by atoms with Gasteiger partial charge in [-0.05, 0) is 49.8 Å². The molecule has 134 valence electrons. The van der Waals surface area contributed by atoms with Crippen LogP contribution in [0.2, 0.25) is 0 Å². The molecule has 2 N–H and O–H groups in total. The molecule has 1 aliphatic heterocycles. The van der Waals surface area contributed by atoms with Crippen LogP contribution in [0.5, 0.6) is 0 Å². The van der Waals surface area contributed by atoms with Crippen LogP contribution in [-0.2, 0) is 6.54 Å².